The van der Waals surface area contributed by atoms with E-state index in [0.717, 1.165) is 6.07 Å². The fourth-order valence-corrected chi connectivity index (χ4v) is 2.87. The minimum atomic E-state index is -4.52. The van der Waals surface area contributed by atoms with E-state index in [0.29, 0.717) is 11.3 Å². The van der Waals surface area contributed by atoms with Gasteiger partial charge in [-0.05, 0) is 23.8 Å². The van der Waals surface area contributed by atoms with Gasteiger partial charge < -0.3 is 10.2 Å². The van der Waals surface area contributed by atoms with Crippen molar-refractivity contribution in [3.8, 4) is 0 Å². The molecule has 1 aliphatic rings. The number of rotatable bonds is 2. The molecule has 130 valence electrons. The molecule has 1 N–H and O–H groups in total. The summed E-state index contributed by atoms with van der Waals surface area (Å²) in [6.45, 7) is 0.440. The monoisotopic (exact) mass is 348 g/mol. The highest BCUT2D eigenvalue weighted by molar-refractivity contribution is 6.06. The van der Waals surface area contributed by atoms with E-state index in [1.54, 1.807) is 24.3 Å². The maximum absolute atomic E-state index is 13.1. The molecule has 25 heavy (non-hydrogen) atoms. The molecule has 0 aromatic heterocycles. The summed E-state index contributed by atoms with van der Waals surface area (Å²) in [6.07, 6.45) is -4.91. The Bertz CT molecular complexity index is 818. The third kappa shape index (κ3) is 3.50. The Morgan fingerprint density at radius 1 is 1.08 bits per heavy atom. The summed E-state index contributed by atoms with van der Waals surface area (Å²) >= 11 is 0. The molecule has 1 aliphatic heterocycles. The van der Waals surface area contributed by atoms with E-state index in [-0.39, 0.29) is 24.6 Å². The van der Waals surface area contributed by atoms with Gasteiger partial charge in [-0.15, -0.1) is 0 Å². The number of alkyl halides is 3. The molecule has 3 rings (SSSR count). The van der Waals surface area contributed by atoms with Crippen molar-refractivity contribution in [2.75, 3.05) is 18.0 Å². The van der Waals surface area contributed by atoms with E-state index in [9.17, 15) is 22.8 Å². The van der Waals surface area contributed by atoms with Crippen LogP contribution in [0.4, 0.5) is 18.9 Å². The highest BCUT2D eigenvalue weighted by atomic mass is 19.4. The molecule has 0 saturated carbocycles. The molecule has 0 fully saturated rings. The first kappa shape index (κ1) is 17.0. The second kappa shape index (κ2) is 6.58. The molecule has 1 heterocycles. The van der Waals surface area contributed by atoms with Gasteiger partial charge in [0, 0.05) is 13.1 Å². The van der Waals surface area contributed by atoms with Gasteiger partial charge in [0.05, 0.1) is 23.2 Å². The average molecular weight is 348 g/mol. The number of benzene rings is 2. The van der Waals surface area contributed by atoms with Crippen LogP contribution in [-0.2, 0) is 17.4 Å². The van der Waals surface area contributed by atoms with Gasteiger partial charge in [0.15, 0.2) is 0 Å². The van der Waals surface area contributed by atoms with Crippen molar-refractivity contribution in [3.63, 3.8) is 0 Å². The van der Waals surface area contributed by atoms with Crippen LogP contribution >= 0.6 is 0 Å². The average Bonchev–Trinajstić information content (AvgIpc) is 2.74. The molecule has 2 amide bonds. The van der Waals surface area contributed by atoms with Crippen LogP contribution in [0, 0.1) is 0 Å². The largest absolute Gasteiger partial charge is 0.416 e. The smallest absolute Gasteiger partial charge is 0.350 e. The van der Waals surface area contributed by atoms with Gasteiger partial charge in [-0.1, -0.05) is 30.3 Å². The number of nitrogens with zero attached hydrogens (tertiary/aromatic N) is 1. The minimum Gasteiger partial charge on any atom is -0.350 e. The number of hydrogen-bond donors (Lipinski definition) is 1. The van der Waals surface area contributed by atoms with Crippen molar-refractivity contribution in [3.05, 3.63) is 65.2 Å². The van der Waals surface area contributed by atoms with E-state index in [1.807, 2.05) is 0 Å². The van der Waals surface area contributed by atoms with Gasteiger partial charge in [-0.3, -0.25) is 9.59 Å². The van der Waals surface area contributed by atoms with Crippen molar-refractivity contribution >= 4 is 17.5 Å². The van der Waals surface area contributed by atoms with Gasteiger partial charge >= 0.3 is 6.18 Å². The molecule has 0 bridgehead atoms. The predicted molar refractivity (Wildman–Crippen MR) is 86.3 cm³/mol. The maximum atomic E-state index is 13.1. The lowest BCUT2D eigenvalue weighted by Gasteiger charge is -2.23. The molecule has 7 heteroatoms. The van der Waals surface area contributed by atoms with E-state index in [2.05, 4.69) is 5.32 Å². The van der Waals surface area contributed by atoms with Gasteiger partial charge in [-0.25, -0.2) is 0 Å². The molecule has 4 nitrogen and oxygen atoms in total. The quantitative estimate of drug-likeness (QED) is 0.907. The number of hydrogen-bond acceptors (Lipinski definition) is 2. The van der Waals surface area contributed by atoms with Crippen LogP contribution in [0.15, 0.2) is 48.5 Å². The van der Waals surface area contributed by atoms with E-state index in [4.69, 9.17) is 0 Å². The first-order valence-corrected chi connectivity index (χ1v) is 7.70. The van der Waals surface area contributed by atoms with Crippen LogP contribution in [0.1, 0.15) is 21.5 Å². The van der Waals surface area contributed by atoms with E-state index < -0.39 is 24.1 Å². The zero-order valence-corrected chi connectivity index (χ0v) is 13.1. The molecular formula is C18H15F3N2O2. The highest BCUT2D eigenvalue weighted by Gasteiger charge is 2.34. The van der Waals surface area contributed by atoms with Crippen molar-refractivity contribution < 1.29 is 22.8 Å². The van der Waals surface area contributed by atoms with E-state index >= 15 is 0 Å². The van der Waals surface area contributed by atoms with Gasteiger partial charge in [0.25, 0.3) is 5.91 Å². The molecule has 2 aromatic rings. The molecule has 0 unspecified atom stereocenters. The Morgan fingerprint density at radius 3 is 2.52 bits per heavy atom. The van der Waals surface area contributed by atoms with Crippen LogP contribution < -0.4 is 10.2 Å². The number of para-hydroxylation sites is 1. The van der Waals surface area contributed by atoms with Gasteiger partial charge in [-0.2, -0.15) is 13.2 Å². The Hall–Kier alpha value is -2.83. The summed E-state index contributed by atoms with van der Waals surface area (Å²) in [5, 5.41) is 2.67. The minimum absolute atomic E-state index is 0.0824. The molecule has 2 aromatic carbocycles. The molecule has 0 atom stereocenters. The third-order valence-electron chi connectivity index (χ3n) is 4.03. The number of carbonyl (C=O) groups is 2. The van der Waals surface area contributed by atoms with Gasteiger partial charge in [0.1, 0.15) is 0 Å². The summed E-state index contributed by atoms with van der Waals surface area (Å²) in [5.41, 5.74) is -0.161. The van der Waals surface area contributed by atoms with Crippen LogP contribution in [0.3, 0.4) is 0 Å². The topological polar surface area (TPSA) is 49.4 Å². The highest BCUT2D eigenvalue weighted by Crippen LogP contribution is 2.32. The van der Waals surface area contributed by atoms with Gasteiger partial charge in [0.2, 0.25) is 5.91 Å². The SMILES string of the molecule is O=C1NCCN(C(=O)Cc2ccccc2C(F)(F)F)c2ccccc21. The second-order valence-corrected chi connectivity index (χ2v) is 5.65. The lowest BCUT2D eigenvalue weighted by Crippen LogP contribution is -2.36. The summed E-state index contributed by atoms with van der Waals surface area (Å²) in [6, 6.07) is 11.6. The second-order valence-electron chi connectivity index (χ2n) is 5.65. The summed E-state index contributed by atoms with van der Waals surface area (Å²) in [7, 11) is 0. The van der Waals surface area contributed by atoms with Crippen LogP contribution in [0.25, 0.3) is 0 Å². The maximum Gasteiger partial charge on any atom is 0.416 e. The summed E-state index contributed by atoms with van der Waals surface area (Å²) in [5.74, 6) is -0.790. The number of nitrogens with one attached hydrogen (secondary N) is 1. The Labute approximate surface area is 142 Å². The van der Waals surface area contributed by atoms with Crippen molar-refractivity contribution in [1.29, 1.82) is 0 Å². The molecule has 0 spiro atoms. The molecular weight excluding hydrogens is 333 g/mol. The van der Waals surface area contributed by atoms with Crippen molar-refractivity contribution in [2.24, 2.45) is 0 Å². The fourth-order valence-electron chi connectivity index (χ4n) is 2.87. The van der Waals surface area contributed by atoms with Crippen LogP contribution in [0.2, 0.25) is 0 Å². The molecule has 0 radical (unpaired) electrons. The summed E-state index contributed by atoms with van der Waals surface area (Å²) in [4.78, 5) is 26.1. The normalized spacial score (nSPS) is 14.5. The first-order chi connectivity index (χ1) is 11.9. The number of halogens is 3. The number of amides is 2. The van der Waals surface area contributed by atoms with Crippen LogP contribution in [0.5, 0.6) is 0 Å². The standard InChI is InChI=1S/C18H15F3N2O2/c19-18(20,21)14-7-3-1-5-12(14)11-16(24)23-10-9-22-17(25)13-6-2-4-8-15(13)23/h1-8H,9-11H2,(H,22,25). The lowest BCUT2D eigenvalue weighted by atomic mass is 10.0. The third-order valence-corrected chi connectivity index (χ3v) is 4.03. The Morgan fingerprint density at radius 2 is 1.76 bits per heavy atom. The Kier molecular flexibility index (Phi) is 4.48. The zero-order valence-electron chi connectivity index (χ0n) is 13.1. The fraction of sp³-hybridized carbons (Fsp3) is 0.222. The Balaban J connectivity index is 1.92. The first-order valence-electron chi connectivity index (χ1n) is 7.70. The molecule has 0 aliphatic carbocycles. The van der Waals surface area contributed by atoms with Crippen molar-refractivity contribution in [1.82, 2.24) is 5.32 Å². The number of carbonyl (C=O) groups excluding carboxylic acids is 2. The van der Waals surface area contributed by atoms with E-state index in [1.165, 1.54) is 23.1 Å². The number of anilines is 1. The molecule has 0 saturated heterocycles. The lowest BCUT2D eigenvalue weighted by molar-refractivity contribution is -0.138. The summed E-state index contributed by atoms with van der Waals surface area (Å²) < 4.78 is 39.4. The van der Waals surface area contributed by atoms with Crippen molar-refractivity contribution in [2.45, 2.75) is 12.6 Å². The zero-order chi connectivity index (χ0) is 18.0. The predicted octanol–water partition coefficient (Wildman–Crippen LogP) is 3.02. The van der Waals surface area contributed by atoms with Crippen LogP contribution in [-0.4, -0.2) is 24.9 Å². The number of fused-ring (bicyclic) bond motifs is 1.